The molecule has 12 heteroatoms. The second-order valence-corrected chi connectivity index (χ2v) is 8.52. The van der Waals surface area contributed by atoms with Crippen LogP contribution in [0, 0.1) is 11.3 Å². The molecule has 2 aromatic heterocycles. The van der Waals surface area contributed by atoms with Gasteiger partial charge in [-0.2, -0.15) is 9.98 Å². The number of ether oxygens (including phenoxy) is 1. The van der Waals surface area contributed by atoms with Crippen LogP contribution in [0.15, 0.2) is 58.2 Å². The Labute approximate surface area is 181 Å². The number of aryl methyl sites for hydroxylation is 1. The van der Waals surface area contributed by atoms with E-state index >= 15 is 0 Å². The van der Waals surface area contributed by atoms with Gasteiger partial charge in [-0.3, -0.25) is 18.6 Å². The average Bonchev–Trinajstić information content (AvgIpc) is 3.24. The summed E-state index contributed by atoms with van der Waals surface area (Å²) >= 11 is 0. The number of sulfonamides is 1. The summed E-state index contributed by atoms with van der Waals surface area (Å²) in [6.45, 7) is -0.900. The number of esters is 1. The van der Waals surface area contributed by atoms with Crippen LogP contribution in [0.2, 0.25) is 0 Å². The van der Waals surface area contributed by atoms with E-state index in [-0.39, 0.29) is 34.2 Å². The topological polar surface area (TPSA) is 148 Å². The number of hydrogen-bond acceptors (Lipinski definition) is 8. The Morgan fingerprint density at radius 2 is 1.97 bits per heavy atom. The van der Waals surface area contributed by atoms with Crippen LogP contribution in [-0.4, -0.2) is 40.1 Å². The average molecular weight is 452 g/mol. The van der Waals surface area contributed by atoms with Crippen LogP contribution in [0.25, 0.3) is 16.7 Å². The highest BCUT2D eigenvalue weighted by molar-refractivity contribution is 7.89. The molecule has 2 aromatic carbocycles. The lowest BCUT2D eigenvalue weighted by atomic mass is 10.2. The first-order valence-corrected chi connectivity index (χ1v) is 10.8. The van der Waals surface area contributed by atoms with Crippen LogP contribution in [-0.2, 0) is 33.2 Å². The maximum absolute atomic E-state index is 12.5. The maximum atomic E-state index is 12.5. The van der Waals surface area contributed by atoms with Crippen molar-refractivity contribution in [3.05, 3.63) is 70.3 Å². The molecule has 0 aliphatic rings. The third kappa shape index (κ3) is 3.82. The molecule has 0 atom stereocenters. The number of nitrogens with one attached hydrogen (secondary N) is 1. The van der Waals surface area contributed by atoms with Crippen molar-refractivity contribution in [2.45, 2.75) is 11.5 Å². The fraction of sp³-hybridized carbons (Fsp3) is 0.150. The number of rotatable bonds is 6. The molecule has 0 bridgehead atoms. The third-order valence-electron chi connectivity index (χ3n) is 4.74. The van der Waals surface area contributed by atoms with Gasteiger partial charge < -0.3 is 4.74 Å². The van der Waals surface area contributed by atoms with Gasteiger partial charge >= 0.3 is 5.97 Å². The number of fused-ring (bicyclic) bond motifs is 3. The van der Waals surface area contributed by atoms with E-state index in [4.69, 9.17) is 10.00 Å². The van der Waals surface area contributed by atoms with Crippen LogP contribution in [0.3, 0.4) is 0 Å². The number of benzene rings is 2. The molecule has 0 fully saturated rings. The molecule has 11 nitrogen and oxygen atoms in total. The summed E-state index contributed by atoms with van der Waals surface area (Å²) in [6.07, 6.45) is 0. The number of aromatic nitrogens is 4. The van der Waals surface area contributed by atoms with Gasteiger partial charge in [0.25, 0.3) is 5.56 Å². The highest BCUT2D eigenvalue weighted by atomic mass is 32.2. The van der Waals surface area contributed by atoms with Crippen molar-refractivity contribution in [1.29, 1.82) is 5.26 Å². The zero-order valence-electron chi connectivity index (χ0n) is 16.7. The van der Waals surface area contributed by atoms with E-state index in [9.17, 15) is 18.0 Å². The Morgan fingerprint density at radius 3 is 2.75 bits per heavy atom. The Kier molecular flexibility index (Phi) is 5.43. The van der Waals surface area contributed by atoms with Gasteiger partial charge in [0.2, 0.25) is 15.8 Å². The van der Waals surface area contributed by atoms with Crippen LogP contribution >= 0.6 is 0 Å². The van der Waals surface area contributed by atoms with Gasteiger partial charge in [-0.1, -0.05) is 18.2 Å². The van der Waals surface area contributed by atoms with Gasteiger partial charge in [0.15, 0.2) is 12.4 Å². The van der Waals surface area contributed by atoms with Gasteiger partial charge in [-0.05, 0) is 30.3 Å². The van der Waals surface area contributed by atoms with E-state index in [1.807, 2.05) is 6.07 Å². The summed E-state index contributed by atoms with van der Waals surface area (Å²) in [5.74, 6) is -0.293. The van der Waals surface area contributed by atoms with Crippen molar-refractivity contribution in [2.24, 2.45) is 7.05 Å². The highest BCUT2D eigenvalue weighted by Gasteiger charge is 2.18. The van der Waals surface area contributed by atoms with Gasteiger partial charge in [0.05, 0.1) is 27.4 Å². The second kappa shape index (κ2) is 8.22. The van der Waals surface area contributed by atoms with E-state index in [0.29, 0.717) is 10.9 Å². The molecular weight excluding hydrogens is 436 g/mol. The van der Waals surface area contributed by atoms with Crippen LogP contribution in [0.4, 0.5) is 0 Å². The molecule has 4 rings (SSSR count). The molecule has 0 saturated carbocycles. The monoisotopic (exact) mass is 452 g/mol. The largest absolute Gasteiger partial charge is 0.456 e. The number of nitrogens with zero attached hydrogens (tertiary/aromatic N) is 5. The fourth-order valence-electron chi connectivity index (χ4n) is 3.15. The minimum Gasteiger partial charge on any atom is -0.456 e. The summed E-state index contributed by atoms with van der Waals surface area (Å²) in [7, 11) is -2.45. The number of para-hydroxylation sites is 1. The molecule has 0 aliphatic heterocycles. The number of carbonyl (C=O) groups excluding carboxylic acids is 1. The van der Waals surface area contributed by atoms with E-state index < -0.39 is 22.5 Å². The van der Waals surface area contributed by atoms with Gasteiger partial charge in [-0.25, -0.2) is 8.42 Å². The van der Waals surface area contributed by atoms with Gasteiger partial charge in [-0.15, -0.1) is 10.2 Å². The first-order chi connectivity index (χ1) is 15.3. The lowest BCUT2D eigenvalue weighted by Crippen LogP contribution is -2.30. The summed E-state index contributed by atoms with van der Waals surface area (Å²) in [5.41, 5.74) is 0.495. The minimum atomic E-state index is -4.01. The predicted octanol–water partition coefficient (Wildman–Crippen LogP) is 0.475. The molecule has 0 radical (unpaired) electrons. The number of nitriles is 1. The van der Waals surface area contributed by atoms with Crippen LogP contribution in [0.1, 0.15) is 11.4 Å². The summed E-state index contributed by atoms with van der Waals surface area (Å²) in [6, 6.07) is 14.1. The molecule has 162 valence electrons. The van der Waals surface area contributed by atoms with Crippen molar-refractivity contribution in [3.8, 4) is 6.07 Å². The van der Waals surface area contributed by atoms with E-state index in [1.165, 1.54) is 28.8 Å². The zero-order valence-corrected chi connectivity index (χ0v) is 17.5. The Balaban J connectivity index is 1.50. The molecule has 1 N–H and O–H groups in total. The fourth-order valence-corrected chi connectivity index (χ4v) is 4.17. The molecular formula is C20H16N6O5S. The lowest BCUT2D eigenvalue weighted by molar-refractivity contribution is -0.143. The molecule has 0 spiro atoms. The van der Waals surface area contributed by atoms with E-state index in [1.54, 1.807) is 35.7 Å². The van der Waals surface area contributed by atoms with Gasteiger partial charge in [0, 0.05) is 7.05 Å². The highest BCUT2D eigenvalue weighted by Crippen LogP contribution is 2.14. The molecule has 32 heavy (non-hydrogen) atoms. The molecule has 0 amide bonds. The smallest absolute Gasteiger partial charge is 0.321 e. The Hall–Kier alpha value is -4.08. The Morgan fingerprint density at radius 1 is 1.19 bits per heavy atom. The summed E-state index contributed by atoms with van der Waals surface area (Å²) in [4.78, 5) is 24.5. The summed E-state index contributed by atoms with van der Waals surface area (Å²) in [5, 5.41) is 17.4. The molecule has 0 aliphatic carbocycles. The van der Waals surface area contributed by atoms with Crippen molar-refractivity contribution in [1.82, 2.24) is 23.9 Å². The molecule has 4 aromatic rings. The lowest BCUT2D eigenvalue weighted by Gasteiger charge is -2.09. The first-order valence-electron chi connectivity index (χ1n) is 9.29. The van der Waals surface area contributed by atoms with Crippen molar-refractivity contribution in [3.63, 3.8) is 0 Å². The predicted molar refractivity (Wildman–Crippen MR) is 112 cm³/mol. The van der Waals surface area contributed by atoms with E-state index in [2.05, 4.69) is 14.9 Å². The van der Waals surface area contributed by atoms with Crippen molar-refractivity contribution >= 4 is 32.7 Å². The van der Waals surface area contributed by atoms with Crippen LogP contribution in [0.5, 0.6) is 0 Å². The standard InChI is InChI=1S/C20H16N6O5S/c1-25-19(28)15-7-2-3-8-16(15)26-17(23-24-20(25)26)12-31-18(27)11-22-32(29,30)14-6-4-5-13(9-14)10-21/h2-9,22H,11-12H2,1H3. The second-order valence-electron chi connectivity index (χ2n) is 6.76. The van der Waals surface area contributed by atoms with Crippen molar-refractivity contribution < 1.29 is 17.9 Å². The zero-order chi connectivity index (χ0) is 22.9. The normalized spacial score (nSPS) is 11.5. The molecule has 2 heterocycles. The minimum absolute atomic E-state index is 0.139. The summed E-state index contributed by atoms with van der Waals surface area (Å²) < 4.78 is 34.9. The van der Waals surface area contributed by atoms with Crippen LogP contribution < -0.4 is 10.3 Å². The number of carbonyl (C=O) groups is 1. The SMILES string of the molecule is Cn1c(=O)c2ccccc2n2c(COC(=O)CNS(=O)(=O)c3cccc(C#N)c3)nnc12. The van der Waals surface area contributed by atoms with Gasteiger partial charge in [0.1, 0.15) is 6.54 Å². The number of hydrogen-bond donors (Lipinski definition) is 1. The first kappa shape index (κ1) is 21.2. The maximum Gasteiger partial charge on any atom is 0.321 e. The van der Waals surface area contributed by atoms with Crippen molar-refractivity contribution in [2.75, 3.05) is 6.54 Å². The molecule has 0 unspecified atom stereocenters. The Bertz CT molecular complexity index is 1570. The third-order valence-corrected chi connectivity index (χ3v) is 6.13. The quantitative estimate of drug-likeness (QED) is 0.415. The van der Waals surface area contributed by atoms with E-state index in [0.717, 1.165) is 0 Å². The molecule has 0 saturated heterocycles.